The molecular formula is C25H23F3N6O2. The number of fused-ring (bicyclic) bond motifs is 1. The summed E-state index contributed by atoms with van der Waals surface area (Å²) in [4.78, 5) is 14.4. The number of nitriles is 1. The Hall–Kier alpha value is -3.91. The number of aromatic amines is 1. The first-order chi connectivity index (χ1) is 17.1. The summed E-state index contributed by atoms with van der Waals surface area (Å²) in [6, 6.07) is 8.98. The first kappa shape index (κ1) is 23.8. The number of anilines is 1. The lowest BCUT2D eigenvalue weighted by Gasteiger charge is -2.28. The van der Waals surface area contributed by atoms with Crippen molar-refractivity contribution in [2.45, 2.75) is 32.4 Å². The van der Waals surface area contributed by atoms with Crippen LogP contribution in [0.2, 0.25) is 0 Å². The third-order valence-corrected chi connectivity index (χ3v) is 6.00. The maximum Gasteiger partial charge on any atom is 0.417 e. The Morgan fingerprint density at radius 3 is 2.47 bits per heavy atom. The highest BCUT2D eigenvalue weighted by Gasteiger charge is 2.34. The molecule has 0 bridgehead atoms. The van der Waals surface area contributed by atoms with Crippen molar-refractivity contribution in [1.82, 2.24) is 20.1 Å². The molecule has 1 aliphatic rings. The summed E-state index contributed by atoms with van der Waals surface area (Å²) in [5.41, 5.74) is 0.549. The highest BCUT2D eigenvalue weighted by atomic mass is 19.4. The van der Waals surface area contributed by atoms with Crippen molar-refractivity contribution in [2.75, 3.05) is 31.2 Å². The molecule has 0 atom stereocenters. The summed E-state index contributed by atoms with van der Waals surface area (Å²) in [5, 5.41) is 13.9. The van der Waals surface area contributed by atoms with Crippen LogP contribution in [-0.4, -0.2) is 46.4 Å². The van der Waals surface area contributed by atoms with E-state index in [1.807, 2.05) is 25.7 Å². The molecule has 0 amide bonds. The Morgan fingerprint density at radius 2 is 1.81 bits per heavy atom. The van der Waals surface area contributed by atoms with E-state index in [4.69, 9.17) is 9.26 Å². The molecule has 0 radical (unpaired) electrons. The Bertz CT molecular complexity index is 1470. The number of nitrogens with one attached hydrogen (secondary N) is 1. The highest BCUT2D eigenvalue weighted by molar-refractivity contribution is 5.92. The zero-order valence-electron chi connectivity index (χ0n) is 19.9. The SMILES string of the molecule is CC(C)(C)c1noc(-c2nc3cc(-c4ccccc4C(F)(F)F)nc(N4CCOCC4)c3[nH]2)c1C#N. The summed E-state index contributed by atoms with van der Waals surface area (Å²) < 4.78 is 52.3. The third-order valence-electron chi connectivity index (χ3n) is 6.00. The summed E-state index contributed by atoms with van der Waals surface area (Å²) in [7, 11) is 0. The molecule has 1 saturated heterocycles. The molecule has 1 aromatic carbocycles. The number of ether oxygens (including phenoxy) is 1. The lowest BCUT2D eigenvalue weighted by molar-refractivity contribution is -0.137. The molecule has 5 rings (SSSR count). The van der Waals surface area contributed by atoms with Crippen molar-refractivity contribution in [3.63, 3.8) is 0 Å². The van der Waals surface area contributed by atoms with Gasteiger partial charge in [0.25, 0.3) is 0 Å². The predicted molar refractivity (Wildman–Crippen MR) is 126 cm³/mol. The molecule has 1 N–H and O–H groups in total. The van der Waals surface area contributed by atoms with E-state index in [-0.39, 0.29) is 28.4 Å². The summed E-state index contributed by atoms with van der Waals surface area (Å²) in [5.74, 6) is 0.876. The van der Waals surface area contributed by atoms with Gasteiger partial charge in [0.05, 0.1) is 30.0 Å². The molecule has 11 heteroatoms. The standard InChI is InChI=1S/C25H23F3N6O2/c1-24(2,3)21-15(13-29)20(36-33-21)22-30-18-12-17(14-6-4-5-7-16(14)25(26,27)28)31-23(19(18)32-22)34-8-10-35-11-9-34/h4-7,12H,8-11H2,1-3H3,(H,30,32). The number of hydrogen-bond acceptors (Lipinski definition) is 7. The van der Waals surface area contributed by atoms with Crippen molar-refractivity contribution >= 4 is 16.9 Å². The fraction of sp³-hybridized carbons (Fsp3) is 0.360. The van der Waals surface area contributed by atoms with Gasteiger partial charge in [-0.3, -0.25) is 0 Å². The van der Waals surface area contributed by atoms with Crippen LogP contribution in [0.4, 0.5) is 19.0 Å². The number of morpholine rings is 1. The van der Waals surface area contributed by atoms with E-state index >= 15 is 0 Å². The zero-order chi connectivity index (χ0) is 25.7. The molecule has 8 nitrogen and oxygen atoms in total. The number of pyridine rings is 1. The summed E-state index contributed by atoms with van der Waals surface area (Å²) in [6.07, 6.45) is -4.55. The van der Waals surface area contributed by atoms with E-state index in [1.165, 1.54) is 18.2 Å². The van der Waals surface area contributed by atoms with Gasteiger partial charge in [0, 0.05) is 24.1 Å². The van der Waals surface area contributed by atoms with Gasteiger partial charge in [-0.25, -0.2) is 9.97 Å². The molecule has 3 aromatic heterocycles. The van der Waals surface area contributed by atoms with E-state index in [9.17, 15) is 18.4 Å². The molecular weight excluding hydrogens is 473 g/mol. The molecule has 0 aliphatic carbocycles. The van der Waals surface area contributed by atoms with Gasteiger partial charge in [0.2, 0.25) is 5.76 Å². The van der Waals surface area contributed by atoms with E-state index < -0.39 is 17.2 Å². The van der Waals surface area contributed by atoms with Crippen LogP contribution in [0.1, 0.15) is 37.6 Å². The lowest BCUT2D eigenvalue weighted by atomic mass is 9.89. The van der Waals surface area contributed by atoms with Crippen molar-refractivity contribution in [3.05, 3.63) is 47.2 Å². The maximum atomic E-state index is 13.8. The second-order valence-corrected chi connectivity index (χ2v) is 9.55. The van der Waals surface area contributed by atoms with Gasteiger partial charge >= 0.3 is 6.18 Å². The van der Waals surface area contributed by atoms with Crippen LogP contribution in [0.25, 0.3) is 33.9 Å². The van der Waals surface area contributed by atoms with Crippen LogP contribution >= 0.6 is 0 Å². The Kier molecular flexibility index (Phi) is 5.71. The van der Waals surface area contributed by atoms with E-state index in [2.05, 4.69) is 26.2 Å². The second kappa shape index (κ2) is 8.64. The number of alkyl halides is 3. The van der Waals surface area contributed by atoms with Crippen LogP contribution in [0.15, 0.2) is 34.9 Å². The van der Waals surface area contributed by atoms with E-state index in [0.29, 0.717) is 48.8 Å². The van der Waals surface area contributed by atoms with E-state index in [0.717, 1.165) is 6.07 Å². The molecule has 1 aliphatic heterocycles. The minimum Gasteiger partial charge on any atom is -0.378 e. The fourth-order valence-corrected chi connectivity index (χ4v) is 4.26. The number of rotatable bonds is 3. The van der Waals surface area contributed by atoms with Crippen LogP contribution in [0.5, 0.6) is 0 Å². The maximum absolute atomic E-state index is 13.8. The van der Waals surface area contributed by atoms with Crippen molar-refractivity contribution in [3.8, 4) is 28.9 Å². The van der Waals surface area contributed by atoms with E-state index in [1.54, 1.807) is 6.07 Å². The minimum atomic E-state index is -4.55. The minimum absolute atomic E-state index is 0.0432. The fourth-order valence-electron chi connectivity index (χ4n) is 4.26. The predicted octanol–water partition coefficient (Wildman–Crippen LogP) is 5.30. The zero-order valence-corrected chi connectivity index (χ0v) is 19.9. The lowest BCUT2D eigenvalue weighted by Crippen LogP contribution is -2.37. The van der Waals surface area contributed by atoms with Gasteiger partial charge in [-0.1, -0.05) is 44.1 Å². The number of benzene rings is 1. The third kappa shape index (κ3) is 4.18. The molecule has 4 heterocycles. The van der Waals surface area contributed by atoms with Gasteiger partial charge in [-0.15, -0.1) is 0 Å². The van der Waals surface area contributed by atoms with Gasteiger partial charge in [0.15, 0.2) is 11.6 Å². The molecule has 0 saturated carbocycles. The number of H-pyrrole nitrogens is 1. The van der Waals surface area contributed by atoms with Gasteiger partial charge < -0.3 is 19.1 Å². The van der Waals surface area contributed by atoms with Crippen molar-refractivity contribution in [2.24, 2.45) is 0 Å². The topological polar surface area (TPSA) is 104 Å². The molecule has 36 heavy (non-hydrogen) atoms. The number of hydrogen-bond donors (Lipinski definition) is 1. The monoisotopic (exact) mass is 496 g/mol. The smallest absolute Gasteiger partial charge is 0.378 e. The normalized spacial score (nSPS) is 14.9. The van der Waals surface area contributed by atoms with Crippen LogP contribution in [0.3, 0.4) is 0 Å². The quantitative estimate of drug-likeness (QED) is 0.410. The first-order valence-electron chi connectivity index (χ1n) is 11.4. The largest absolute Gasteiger partial charge is 0.417 e. The van der Waals surface area contributed by atoms with Crippen LogP contribution in [-0.2, 0) is 16.3 Å². The first-order valence-corrected chi connectivity index (χ1v) is 11.4. The summed E-state index contributed by atoms with van der Waals surface area (Å²) in [6.45, 7) is 7.70. The van der Waals surface area contributed by atoms with Gasteiger partial charge in [0.1, 0.15) is 22.8 Å². The van der Waals surface area contributed by atoms with Crippen LogP contribution < -0.4 is 4.90 Å². The average molecular weight is 496 g/mol. The Morgan fingerprint density at radius 1 is 1.08 bits per heavy atom. The van der Waals surface area contributed by atoms with Crippen molar-refractivity contribution in [1.29, 1.82) is 5.26 Å². The second-order valence-electron chi connectivity index (χ2n) is 9.55. The summed E-state index contributed by atoms with van der Waals surface area (Å²) >= 11 is 0. The Balaban J connectivity index is 1.73. The number of aromatic nitrogens is 4. The van der Waals surface area contributed by atoms with Gasteiger partial charge in [-0.2, -0.15) is 18.4 Å². The average Bonchev–Trinajstić information content (AvgIpc) is 3.47. The highest BCUT2D eigenvalue weighted by Crippen LogP contribution is 2.39. The molecule has 186 valence electrons. The molecule has 4 aromatic rings. The number of nitrogens with zero attached hydrogens (tertiary/aromatic N) is 5. The Labute approximate surface area is 204 Å². The molecule has 1 fully saturated rings. The van der Waals surface area contributed by atoms with Crippen LogP contribution in [0, 0.1) is 11.3 Å². The van der Waals surface area contributed by atoms with Crippen molar-refractivity contribution < 1.29 is 22.4 Å². The van der Waals surface area contributed by atoms with Gasteiger partial charge in [-0.05, 0) is 12.1 Å². The molecule has 0 spiro atoms. The number of halogens is 3. The number of imidazole rings is 1. The molecule has 0 unspecified atom stereocenters.